The summed E-state index contributed by atoms with van der Waals surface area (Å²) in [5.41, 5.74) is 2.98. The zero-order chi connectivity index (χ0) is 30.9. The minimum Gasteiger partial charge on any atom is -0.352 e. The monoisotopic (exact) mass is 631 g/mol. The average Bonchev–Trinajstić information content (AvgIpc) is 2.94. The van der Waals surface area contributed by atoms with Crippen molar-refractivity contribution in [3.63, 3.8) is 0 Å². The van der Waals surface area contributed by atoms with Gasteiger partial charge in [0, 0.05) is 47.6 Å². The third kappa shape index (κ3) is 9.48. The van der Waals surface area contributed by atoms with Crippen LogP contribution in [0.1, 0.15) is 49.8 Å². The third-order valence-corrected chi connectivity index (χ3v) is 9.04. The van der Waals surface area contributed by atoms with Gasteiger partial charge >= 0.3 is 0 Å². The molecule has 0 aromatic heterocycles. The summed E-state index contributed by atoms with van der Waals surface area (Å²) in [6, 6.07) is 20.9. The number of sulfonamides is 1. The van der Waals surface area contributed by atoms with E-state index >= 15 is 0 Å². The Kier molecular flexibility index (Phi) is 12.3. The van der Waals surface area contributed by atoms with E-state index in [1.165, 1.54) is 9.21 Å². The van der Waals surface area contributed by atoms with E-state index in [1.807, 2.05) is 63.2 Å². The van der Waals surface area contributed by atoms with Crippen molar-refractivity contribution < 1.29 is 18.0 Å². The molecule has 0 unspecified atom stereocenters. The van der Waals surface area contributed by atoms with Gasteiger partial charge in [0.25, 0.3) is 0 Å². The van der Waals surface area contributed by atoms with Crippen LogP contribution in [-0.2, 0) is 32.6 Å². The van der Waals surface area contributed by atoms with Crippen LogP contribution in [0.3, 0.4) is 0 Å². The normalized spacial score (nSPS) is 12.8. The first kappa shape index (κ1) is 33.4. The first-order valence-electron chi connectivity index (χ1n) is 14.0. The number of anilines is 1. The van der Waals surface area contributed by atoms with Crippen molar-refractivity contribution in [2.75, 3.05) is 17.1 Å². The summed E-state index contributed by atoms with van der Waals surface area (Å²) in [5.74, 6) is -0.578. The van der Waals surface area contributed by atoms with Gasteiger partial charge in [-0.05, 0) is 56.5 Å². The van der Waals surface area contributed by atoms with E-state index in [-0.39, 0.29) is 50.2 Å². The Bertz CT molecular complexity index is 1430. The molecule has 226 valence electrons. The number of rotatable bonds is 14. The highest BCUT2D eigenvalue weighted by Crippen LogP contribution is 2.28. The van der Waals surface area contributed by atoms with Crippen molar-refractivity contribution in [1.29, 1.82) is 0 Å². The molecule has 0 saturated carbocycles. The first-order chi connectivity index (χ1) is 19.9. The predicted octanol–water partition coefficient (Wildman–Crippen LogP) is 6.40. The third-order valence-electron chi connectivity index (χ3n) is 7.14. The summed E-state index contributed by atoms with van der Waals surface area (Å²) >= 11 is 13.0. The summed E-state index contributed by atoms with van der Waals surface area (Å²) in [5, 5.41) is 3.82. The van der Waals surface area contributed by atoms with Gasteiger partial charge in [-0.25, -0.2) is 8.42 Å². The number of hydrogen-bond donors (Lipinski definition) is 1. The number of amides is 2. The molecule has 1 N–H and O–H groups in total. The molecule has 0 aliphatic carbocycles. The van der Waals surface area contributed by atoms with Crippen LogP contribution in [0.4, 0.5) is 5.69 Å². The lowest BCUT2D eigenvalue weighted by Gasteiger charge is -2.33. The molecule has 0 saturated heterocycles. The topological polar surface area (TPSA) is 86.8 Å². The second kappa shape index (κ2) is 15.4. The molecular weight excluding hydrogens is 593 g/mol. The van der Waals surface area contributed by atoms with Crippen LogP contribution in [0.15, 0.2) is 72.8 Å². The van der Waals surface area contributed by atoms with E-state index in [1.54, 1.807) is 30.3 Å². The van der Waals surface area contributed by atoms with E-state index in [0.717, 1.165) is 23.8 Å². The smallest absolute Gasteiger partial charge is 0.243 e. The zero-order valence-electron chi connectivity index (χ0n) is 24.5. The fourth-order valence-electron chi connectivity index (χ4n) is 4.56. The Labute approximate surface area is 259 Å². The molecule has 0 fully saturated rings. The molecule has 2 amide bonds. The van der Waals surface area contributed by atoms with Crippen LogP contribution < -0.4 is 9.62 Å². The molecule has 7 nitrogen and oxygen atoms in total. The van der Waals surface area contributed by atoms with Crippen molar-refractivity contribution in [3.05, 3.63) is 99.5 Å². The lowest BCUT2D eigenvalue weighted by Crippen LogP contribution is -2.52. The molecule has 0 heterocycles. The SMILES string of the molecule is CC[C@H](C)NC(=O)[C@H](Cc1ccccc1)N(Cc1c(Cl)cccc1Cl)C(=O)CCCN(c1ccc(C)cc1)S(C)(=O)=O. The number of benzene rings is 3. The summed E-state index contributed by atoms with van der Waals surface area (Å²) in [7, 11) is -3.59. The highest BCUT2D eigenvalue weighted by atomic mass is 35.5. The van der Waals surface area contributed by atoms with Crippen LogP contribution in [0.5, 0.6) is 0 Å². The molecule has 0 bridgehead atoms. The maximum Gasteiger partial charge on any atom is 0.243 e. The first-order valence-corrected chi connectivity index (χ1v) is 16.6. The molecule has 42 heavy (non-hydrogen) atoms. The zero-order valence-corrected chi connectivity index (χ0v) is 26.8. The van der Waals surface area contributed by atoms with Crippen LogP contribution >= 0.6 is 23.2 Å². The molecule has 10 heteroatoms. The highest BCUT2D eigenvalue weighted by Gasteiger charge is 2.32. The number of nitrogens with zero attached hydrogens (tertiary/aromatic N) is 2. The molecule has 0 aliphatic heterocycles. The van der Waals surface area contributed by atoms with Crippen molar-refractivity contribution in [1.82, 2.24) is 10.2 Å². The van der Waals surface area contributed by atoms with Gasteiger partial charge in [-0.15, -0.1) is 0 Å². The van der Waals surface area contributed by atoms with Gasteiger partial charge in [0.05, 0.1) is 11.9 Å². The molecule has 0 aliphatic rings. The Hall–Kier alpha value is -3.07. The quantitative estimate of drug-likeness (QED) is 0.223. The molecule has 3 rings (SSSR count). The molecule has 2 atom stereocenters. The Morgan fingerprint density at radius 3 is 2.12 bits per heavy atom. The van der Waals surface area contributed by atoms with Crippen molar-refractivity contribution in [2.24, 2.45) is 0 Å². The van der Waals surface area contributed by atoms with Gasteiger partial charge in [0.1, 0.15) is 6.04 Å². The maximum atomic E-state index is 14.0. The van der Waals surface area contributed by atoms with Crippen LogP contribution in [0, 0.1) is 6.92 Å². The fraction of sp³-hybridized carbons (Fsp3) is 0.375. The van der Waals surface area contributed by atoms with Gasteiger partial charge in [0.2, 0.25) is 21.8 Å². The summed E-state index contributed by atoms with van der Waals surface area (Å²) in [6.45, 7) is 5.95. The number of carbonyl (C=O) groups excluding carboxylic acids is 2. The second-order valence-corrected chi connectivity index (χ2v) is 13.2. The lowest BCUT2D eigenvalue weighted by molar-refractivity contribution is -0.141. The molecule has 3 aromatic rings. The maximum absolute atomic E-state index is 14.0. The van der Waals surface area contributed by atoms with E-state index in [2.05, 4.69) is 5.32 Å². The van der Waals surface area contributed by atoms with E-state index < -0.39 is 16.1 Å². The summed E-state index contributed by atoms with van der Waals surface area (Å²) in [4.78, 5) is 29.2. The van der Waals surface area contributed by atoms with Gasteiger partial charge in [-0.3, -0.25) is 13.9 Å². The minimum absolute atomic E-state index is 0.0157. The van der Waals surface area contributed by atoms with Crippen molar-refractivity contribution in [2.45, 2.75) is 65.1 Å². The Morgan fingerprint density at radius 2 is 1.55 bits per heavy atom. The number of halogens is 2. The van der Waals surface area contributed by atoms with Gasteiger partial charge < -0.3 is 10.2 Å². The summed E-state index contributed by atoms with van der Waals surface area (Å²) < 4.78 is 26.5. The van der Waals surface area contributed by atoms with Crippen molar-refractivity contribution in [3.8, 4) is 0 Å². The second-order valence-electron chi connectivity index (χ2n) is 10.5. The van der Waals surface area contributed by atoms with Crippen LogP contribution in [0.25, 0.3) is 0 Å². The molecule has 0 spiro atoms. The van der Waals surface area contributed by atoms with E-state index in [4.69, 9.17) is 23.2 Å². The van der Waals surface area contributed by atoms with Crippen molar-refractivity contribution >= 4 is 50.7 Å². The highest BCUT2D eigenvalue weighted by molar-refractivity contribution is 7.92. The molecule has 3 aromatic carbocycles. The fourth-order valence-corrected chi connectivity index (χ4v) is 6.05. The summed E-state index contributed by atoms with van der Waals surface area (Å²) in [6.07, 6.45) is 2.43. The lowest BCUT2D eigenvalue weighted by atomic mass is 10.0. The minimum atomic E-state index is -3.59. The Balaban J connectivity index is 1.93. The predicted molar refractivity (Wildman–Crippen MR) is 171 cm³/mol. The largest absolute Gasteiger partial charge is 0.352 e. The van der Waals surface area contributed by atoms with Crippen LogP contribution in [-0.4, -0.2) is 50.0 Å². The average molecular weight is 633 g/mol. The Morgan fingerprint density at radius 1 is 0.929 bits per heavy atom. The number of carbonyl (C=O) groups is 2. The number of aryl methyl sites for hydroxylation is 1. The standard InChI is InChI=1S/C32H39Cl2N3O4S/c1-5-24(3)35-32(39)30(21-25-11-7-6-8-12-25)36(22-27-28(33)13-9-14-29(27)34)31(38)15-10-20-37(42(4,40)41)26-18-16-23(2)17-19-26/h6-9,11-14,16-19,24,30H,5,10,15,20-22H2,1-4H3,(H,35,39)/t24-,30-/m0/s1. The van der Waals surface area contributed by atoms with Gasteiger partial charge in [-0.2, -0.15) is 0 Å². The van der Waals surface area contributed by atoms with Gasteiger partial charge in [-0.1, -0.05) is 84.2 Å². The van der Waals surface area contributed by atoms with E-state index in [9.17, 15) is 18.0 Å². The molecule has 0 radical (unpaired) electrons. The number of hydrogen-bond acceptors (Lipinski definition) is 4. The van der Waals surface area contributed by atoms with Crippen LogP contribution in [0.2, 0.25) is 10.0 Å². The molecular formula is C32H39Cl2N3O4S. The van der Waals surface area contributed by atoms with E-state index in [0.29, 0.717) is 21.3 Å². The number of nitrogens with one attached hydrogen (secondary N) is 1. The van der Waals surface area contributed by atoms with Gasteiger partial charge in [0.15, 0.2) is 0 Å².